The summed E-state index contributed by atoms with van der Waals surface area (Å²) in [6.07, 6.45) is 0.604. The maximum atomic E-state index is 12.6. The van der Waals surface area contributed by atoms with E-state index >= 15 is 0 Å². The van der Waals surface area contributed by atoms with Crippen molar-refractivity contribution < 1.29 is 14.7 Å². The Labute approximate surface area is 171 Å². The summed E-state index contributed by atoms with van der Waals surface area (Å²) < 4.78 is 0. The molecule has 3 aromatic rings. The maximum absolute atomic E-state index is 12.6. The Morgan fingerprint density at radius 2 is 1.86 bits per heavy atom. The quantitative estimate of drug-likeness (QED) is 0.669. The van der Waals surface area contributed by atoms with Crippen molar-refractivity contribution in [3.05, 3.63) is 75.8 Å². The third-order valence-corrected chi connectivity index (χ3v) is 6.03. The number of carbonyl (C=O) groups is 2. The number of rotatable bonds is 5. The first-order valence-corrected chi connectivity index (χ1v) is 10.0. The van der Waals surface area contributed by atoms with Crippen molar-refractivity contribution in [2.75, 3.05) is 0 Å². The average molecular weight is 413 g/mol. The van der Waals surface area contributed by atoms with Crippen molar-refractivity contribution in [2.45, 2.75) is 24.8 Å². The zero-order valence-electron chi connectivity index (χ0n) is 14.8. The lowest BCUT2D eigenvalue weighted by molar-refractivity contribution is -0.147. The lowest BCUT2D eigenvalue weighted by Gasteiger charge is -2.25. The fraction of sp³-hybridized carbons (Fsp3) is 0.190. The first-order valence-electron chi connectivity index (χ1n) is 8.77. The van der Waals surface area contributed by atoms with Gasteiger partial charge in [-0.1, -0.05) is 48.0 Å². The van der Waals surface area contributed by atoms with Gasteiger partial charge in [-0.3, -0.25) is 4.79 Å². The number of nitrogens with zero attached hydrogens (tertiary/aromatic N) is 1. The summed E-state index contributed by atoms with van der Waals surface area (Å²) in [5.41, 5.74) is 2.11. The summed E-state index contributed by atoms with van der Waals surface area (Å²) in [5.74, 6) is -1.37. The van der Waals surface area contributed by atoms with E-state index in [-0.39, 0.29) is 25.2 Å². The van der Waals surface area contributed by atoms with E-state index in [2.05, 4.69) is 10.3 Å². The molecule has 28 heavy (non-hydrogen) atoms. The van der Waals surface area contributed by atoms with Gasteiger partial charge < -0.3 is 10.4 Å². The van der Waals surface area contributed by atoms with Gasteiger partial charge in [-0.2, -0.15) is 0 Å². The minimum Gasteiger partial charge on any atom is -0.479 e. The fourth-order valence-corrected chi connectivity index (χ4v) is 4.53. The molecular weight excluding hydrogens is 396 g/mol. The molecule has 0 unspecified atom stereocenters. The van der Waals surface area contributed by atoms with E-state index < -0.39 is 11.5 Å². The van der Waals surface area contributed by atoms with Gasteiger partial charge in [0.2, 0.25) is 5.91 Å². The molecule has 1 amide bonds. The van der Waals surface area contributed by atoms with Crippen LogP contribution in [0.25, 0.3) is 10.6 Å². The standard InChI is InChI=1S/C21H17ClN2O3S/c22-16-7-3-6-13(8-16)19-23-17(12-28-19)9-18(25)24-21(20(26)27)10-14-4-1-2-5-15(14)11-21/h1-8,12H,9-11H2,(H,24,25)(H,26,27). The molecule has 0 saturated carbocycles. The van der Waals surface area contributed by atoms with Crippen LogP contribution in [0.1, 0.15) is 16.8 Å². The summed E-state index contributed by atoms with van der Waals surface area (Å²) in [5, 5.41) is 15.7. The topological polar surface area (TPSA) is 79.3 Å². The molecule has 0 radical (unpaired) electrons. The minimum absolute atomic E-state index is 0.0302. The van der Waals surface area contributed by atoms with Crippen LogP contribution in [0.3, 0.4) is 0 Å². The zero-order chi connectivity index (χ0) is 19.7. The summed E-state index contributed by atoms with van der Waals surface area (Å²) in [7, 11) is 0. The van der Waals surface area contributed by atoms with Crippen LogP contribution >= 0.6 is 22.9 Å². The molecule has 0 spiro atoms. The largest absolute Gasteiger partial charge is 0.479 e. The molecule has 142 valence electrons. The number of aliphatic carboxylic acids is 1. The van der Waals surface area contributed by atoms with Gasteiger partial charge in [-0.05, 0) is 23.3 Å². The van der Waals surface area contributed by atoms with E-state index in [0.717, 1.165) is 21.7 Å². The summed E-state index contributed by atoms with van der Waals surface area (Å²) in [4.78, 5) is 29.1. The number of benzene rings is 2. The monoisotopic (exact) mass is 412 g/mol. The third-order valence-electron chi connectivity index (χ3n) is 4.86. The molecular formula is C21H17ClN2O3S. The molecule has 2 aromatic carbocycles. The summed E-state index contributed by atoms with van der Waals surface area (Å²) in [6, 6.07) is 14.9. The molecule has 7 heteroatoms. The molecule has 1 aliphatic carbocycles. The van der Waals surface area contributed by atoms with E-state index in [4.69, 9.17) is 11.6 Å². The van der Waals surface area contributed by atoms with Gasteiger partial charge in [0.1, 0.15) is 10.5 Å². The number of carboxylic acids is 1. The smallest absolute Gasteiger partial charge is 0.330 e. The molecule has 2 N–H and O–H groups in total. The molecule has 4 rings (SSSR count). The summed E-state index contributed by atoms with van der Waals surface area (Å²) >= 11 is 7.45. The van der Waals surface area contributed by atoms with Crippen LogP contribution in [0.5, 0.6) is 0 Å². The average Bonchev–Trinajstić information content (AvgIpc) is 3.26. The first kappa shape index (κ1) is 18.7. The van der Waals surface area contributed by atoms with Crippen LogP contribution < -0.4 is 5.32 Å². The van der Waals surface area contributed by atoms with Crippen LogP contribution in [-0.4, -0.2) is 27.5 Å². The summed E-state index contributed by atoms with van der Waals surface area (Å²) in [6.45, 7) is 0. The molecule has 1 heterocycles. The second-order valence-electron chi connectivity index (χ2n) is 6.89. The number of carboxylic acid groups (broad SMARTS) is 1. The Kier molecular flexibility index (Phi) is 4.91. The highest BCUT2D eigenvalue weighted by Crippen LogP contribution is 2.31. The Morgan fingerprint density at radius 3 is 2.50 bits per heavy atom. The predicted molar refractivity (Wildman–Crippen MR) is 109 cm³/mol. The normalized spacial score (nSPS) is 14.5. The fourth-order valence-electron chi connectivity index (χ4n) is 3.53. The van der Waals surface area contributed by atoms with Crippen LogP contribution in [-0.2, 0) is 28.9 Å². The number of fused-ring (bicyclic) bond motifs is 1. The van der Waals surface area contributed by atoms with Gasteiger partial charge in [0, 0.05) is 28.8 Å². The highest BCUT2D eigenvalue weighted by molar-refractivity contribution is 7.13. The zero-order valence-corrected chi connectivity index (χ0v) is 16.4. The number of halogens is 1. The minimum atomic E-state index is -1.30. The molecule has 0 fully saturated rings. The number of hydrogen-bond donors (Lipinski definition) is 2. The Bertz CT molecular complexity index is 1040. The number of aromatic nitrogens is 1. The van der Waals surface area contributed by atoms with Gasteiger partial charge in [0.05, 0.1) is 12.1 Å². The van der Waals surface area contributed by atoms with Crippen molar-refractivity contribution in [1.29, 1.82) is 0 Å². The molecule has 0 saturated heterocycles. The predicted octanol–water partition coefficient (Wildman–Crippen LogP) is 3.74. The second kappa shape index (κ2) is 7.37. The van der Waals surface area contributed by atoms with Crippen molar-refractivity contribution in [3.8, 4) is 10.6 Å². The van der Waals surface area contributed by atoms with E-state index in [1.165, 1.54) is 11.3 Å². The van der Waals surface area contributed by atoms with Gasteiger partial charge in [0.25, 0.3) is 0 Å². The Balaban J connectivity index is 1.48. The third kappa shape index (κ3) is 3.66. The SMILES string of the molecule is O=C(Cc1csc(-c2cccc(Cl)c2)n1)NC1(C(=O)O)Cc2ccccc2C1. The van der Waals surface area contributed by atoms with Gasteiger partial charge in [-0.15, -0.1) is 11.3 Å². The van der Waals surface area contributed by atoms with E-state index in [0.29, 0.717) is 10.7 Å². The molecule has 1 aliphatic rings. The van der Waals surface area contributed by atoms with Crippen LogP contribution in [0.2, 0.25) is 5.02 Å². The maximum Gasteiger partial charge on any atom is 0.330 e. The highest BCUT2D eigenvalue weighted by Gasteiger charge is 2.45. The molecule has 0 bridgehead atoms. The number of nitrogens with one attached hydrogen (secondary N) is 1. The second-order valence-corrected chi connectivity index (χ2v) is 8.18. The van der Waals surface area contributed by atoms with Crippen LogP contribution in [0.4, 0.5) is 0 Å². The lowest BCUT2D eigenvalue weighted by Crippen LogP contribution is -2.55. The Hall–Kier alpha value is -2.70. The molecule has 1 aromatic heterocycles. The molecule has 5 nitrogen and oxygen atoms in total. The van der Waals surface area contributed by atoms with Gasteiger partial charge >= 0.3 is 5.97 Å². The van der Waals surface area contributed by atoms with Crippen molar-refractivity contribution in [2.24, 2.45) is 0 Å². The number of carbonyl (C=O) groups excluding carboxylic acids is 1. The van der Waals surface area contributed by atoms with E-state index in [1.54, 1.807) is 6.07 Å². The van der Waals surface area contributed by atoms with Crippen LogP contribution in [0.15, 0.2) is 53.9 Å². The van der Waals surface area contributed by atoms with Crippen molar-refractivity contribution in [1.82, 2.24) is 10.3 Å². The number of thiazole rings is 1. The van der Waals surface area contributed by atoms with Crippen molar-refractivity contribution >= 4 is 34.8 Å². The number of hydrogen-bond acceptors (Lipinski definition) is 4. The lowest BCUT2D eigenvalue weighted by atomic mass is 9.95. The molecule has 0 atom stereocenters. The van der Waals surface area contributed by atoms with Gasteiger partial charge in [-0.25, -0.2) is 9.78 Å². The first-order chi connectivity index (χ1) is 13.4. The highest BCUT2D eigenvalue weighted by atomic mass is 35.5. The van der Waals surface area contributed by atoms with Gasteiger partial charge in [0.15, 0.2) is 0 Å². The van der Waals surface area contributed by atoms with Crippen molar-refractivity contribution in [3.63, 3.8) is 0 Å². The Morgan fingerprint density at radius 1 is 1.14 bits per heavy atom. The molecule has 0 aliphatic heterocycles. The van der Waals surface area contributed by atoms with E-state index in [1.807, 2.05) is 47.8 Å². The van der Waals surface area contributed by atoms with E-state index in [9.17, 15) is 14.7 Å². The van der Waals surface area contributed by atoms with Crippen LogP contribution in [0, 0.1) is 0 Å². The number of amides is 1.